The van der Waals surface area contributed by atoms with Gasteiger partial charge >= 0.3 is 11.8 Å². The highest BCUT2D eigenvalue weighted by molar-refractivity contribution is 7.08. The lowest BCUT2D eigenvalue weighted by molar-refractivity contribution is -0.139. The largest absolute Gasteiger partial charge is 0.383 e. The molecular weight excluding hydrogens is 288 g/mol. The Bertz CT molecular complexity index is 467. The van der Waals surface area contributed by atoms with E-state index >= 15 is 0 Å². The van der Waals surface area contributed by atoms with Gasteiger partial charge in [-0.3, -0.25) is 9.59 Å². The quantitative estimate of drug-likeness (QED) is 0.617. The zero-order chi connectivity index (χ0) is 15.1. The molecule has 0 radical (unpaired) electrons. The summed E-state index contributed by atoms with van der Waals surface area (Å²) in [5, 5.41) is 9.54. The zero-order valence-electron chi connectivity index (χ0n) is 12.3. The Labute approximate surface area is 129 Å². The van der Waals surface area contributed by atoms with E-state index in [0.29, 0.717) is 19.7 Å². The average molecular weight is 310 g/mol. The topological polar surface area (TPSA) is 67.4 Å². The second kappa shape index (κ2) is 7.56. The van der Waals surface area contributed by atoms with Crippen LogP contribution >= 0.6 is 11.3 Å². The first-order valence-electron chi connectivity index (χ1n) is 7.26. The lowest BCUT2D eigenvalue weighted by atomic mass is 9.80. The number of methoxy groups -OCH3 is 1. The molecule has 0 spiro atoms. The van der Waals surface area contributed by atoms with Gasteiger partial charge in [0, 0.05) is 25.6 Å². The minimum atomic E-state index is -0.592. The summed E-state index contributed by atoms with van der Waals surface area (Å²) in [7, 11) is 1.55. The molecule has 1 aromatic heterocycles. The minimum absolute atomic E-state index is 0.00245. The van der Waals surface area contributed by atoms with Crippen molar-refractivity contribution in [2.45, 2.75) is 31.1 Å². The number of carbonyl (C=O) groups is 2. The fourth-order valence-corrected chi connectivity index (χ4v) is 3.64. The third-order valence-corrected chi connectivity index (χ3v) is 4.76. The third-order valence-electron chi connectivity index (χ3n) is 4.08. The van der Waals surface area contributed by atoms with Crippen molar-refractivity contribution in [1.82, 2.24) is 10.6 Å². The molecule has 0 unspecified atom stereocenters. The van der Waals surface area contributed by atoms with Crippen molar-refractivity contribution in [2.75, 3.05) is 26.8 Å². The van der Waals surface area contributed by atoms with Crippen LogP contribution in [0.2, 0.25) is 0 Å². The zero-order valence-corrected chi connectivity index (χ0v) is 13.1. The maximum Gasteiger partial charge on any atom is 0.309 e. The summed E-state index contributed by atoms with van der Waals surface area (Å²) >= 11 is 1.67. The van der Waals surface area contributed by atoms with E-state index in [1.807, 2.05) is 0 Å². The highest BCUT2D eigenvalue weighted by atomic mass is 32.1. The molecule has 0 bridgehead atoms. The van der Waals surface area contributed by atoms with E-state index in [2.05, 4.69) is 27.5 Å². The van der Waals surface area contributed by atoms with Crippen molar-refractivity contribution in [3.05, 3.63) is 22.4 Å². The van der Waals surface area contributed by atoms with E-state index < -0.39 is 11.8 Å². The van der Waals surface area contributed by atoms with Crippen LogP contribution in [0.15, 0.2) is 16.8 Å². The number of hydrogen-bond donors (Lipinski definition) is 2. The predicted octanol–water partition coefficient (Wildman–Crippen LogP) is 1.44. The van der Waals surface area contributed by atoms with Gasteiger partial charge in [0.1, 0.15) is 0 Å². The molecule has 1 heterocycles. The van der Waals surface area contributed by atoms with Gasteiger partial charge in [-0.1, -0.05) is 12.8 Å². The molecule has 21 heavy (non-hydrogen) atoms. The Morgan fingerprint density at radius 1 is 1.29 bits per heavy atom. The van der Waals surface area contributed by atoms with Gasteiger partial charge in [0.2, 0.25) is 0 Å². The van der Waals surface area contributed by atoms with Gasteiger partial charge in [-0.05, 0) is 35.2 Å². The molecule has 116 valence electrons. The standard InChI is InChI=1S/C15H22N2O3S/c1-20-8-7-16-13(18)14(19)17-11-15(5-2-3-6-15)12-4-9-21-10-12/h4,9-10H,2-3,5-8,11H2,1H3,(H,16,18)(H,17,19). The Kier molecular flexibility index (Phi) is 5.76. The van der Waals surface area contributed by atoms with Gasteiger partial charge in [-0.15, -0.1) is 0 Å². The monoisotopic (exact) mass is 310 g/mol. The third kappa shape index (κ3) is 4.04. The van der Waals surface area contributed by atoms with Crippen LogP contribution in [0.5, 0.6) is 0 Å². The number of hydrogen-bond acceptors (Lipinski definition) is 4. The molecule has 2 rings (SSSR count). The molecule has 6 heteroatoms. The Morgan fingerprint density at radius 2 is 2.00 bits per heavy atom. The summed E-state index contributed by atoms with van der Waals surface area (Å²) in [5.41, 5.74) is 1.28. The van der Waals surface area contributed by atoms with Gasteiger partial charge < -0.3 is 15.4 Å². The summed E-state index contributed by atoms with van der Waals surface area (Å²) in [4.78, 5) is 23.5. The van der Waals surface area contributed by atoms with E-state index in [1.54, 1.807) is 18.4 Å². The summed E-state index contributed by atoms with van der Waals surface area (Å²) in [5.74, 6) is -1.15. The van der Waals surface area contributed by atoms with Crippen LogP contribution in [0.1, 0.15) is 31.2 Å². The summed E-state index contributed by atoms with van der Waals surface area (Å²) in [6, 6.07) is 2.13. The highest BCUT2D eigenvalue weighted by Crippen LogP contribution is 2.41. The molecular formula is C15H22N2O3S. The van der Waals surface area contributed by atoms with Crippen LogP contribution in [0, 0.1) is 0 Å². The van der Waals surface area contributed by atoms with E-state index in [-0.39, 0.29) is 5.41 Å². The van der Waals surface area contributed by atoms with E-state index in [4.69, 9.17) is 4.74 Å². The first-order chi connectivity index (χ1) is 10.2. The maximum absolute atomic E-state index is 11.8. The van der Waals surface area contributed by atoms with Crippen LogP contribution in [0.4, 0.5) is 0 Å². The molecule has 0 aromatic carbocycles. The molecule has 5 nitrogen and oxygen atoms in total. The number of nitrogens with one attached hydrogen (secondary N) is 2. The van der Waals surface area contributed by atoms with Crippen molar-refractivity contribution in [3.8, 4) is 0 Å². The highest BCUT2D eigenvalue weighted by Gasteiger charge is 2.36. The van der Waals surface area contributed by atoms with E-state index in [9.17, 15) is 9.59 Å². The molecule has 1 saturated carbocycles. The number of thiophene rings is 1. The predicted molar refractivity (Wildman–Crippen MR) is 82.4 cm³/mol. The summed E-state index contributed by atoms with van der Waals surface area (Å²) in [6.45, 7) is 1.27. The first-order valence-corrected chi connectivity index (χ1v) is 8.20. The molecule has 1 aromatic rings. The molecule has 2 N–H and O–H groups in total. The van der Waals surface area contributed by atoms with Crippen LogP contribution in [0.25, 0.3) is 0 Å². The van der Waals surface area contributed by atoms with Crippen molar-refractivity contribution >= 4 is 23.2 Å². The summed E-state index contributed by atoms with van der Waals surface area (Å²) in [6.07, 6.45) is 4.47. The van der Waals surface area contributed by atoms with Crippen molar-refractivity contribution in [1.29, 1.82) is 0 Å². The van der Waals surface area contributed by atoms with Crippen LogP contribution in [-0.2, 0) is 19.7 Å². The molecule has 2 amide bonds. The second-order valence-corrected chi connectivity index (χ2v) is 6.21. The van der Waals surface area contributed by atoms with Gasteiger partial charge in [-0.2, -0.15) is 11.3 Å². The lowest BCUT2D eigenvalue weighted by Gasteiger charge is -2.28. The number of rotatable bonds is 6. The molecule has 0 saturated heterocycles. The van der Waals surface area contributed by atoms with Gasteiger partial charge in [-0.25, -0.2) is 0 Å². The second-order valence-electron chi connectivity index (χ2n) is 5.43. The van der Waals surface area contributed by atoms with Crippen molar-refractivity contribution < 1.29 is 14.3 Å². The van der Waals surface area contributed by atoms with Gasteiger partial charge in [0.15, 0.2) is 0 Å². The normalized spacial score (nSPS) is 16.6. The number of amides is 2. The molecule has 1 fully saturated rings. The van der Waals surface area contributed by atoms with Crippen LogP contribution < -0.4 is 10.6 Å². The Balaban J connectivity index is 1.88. The first kappa shape index (κ1) is 16.0. The maximum atomic E-state index is 11.8. The van der Waals surface area contributed by atoms with Crippen LogP contribution in [-0.4, -0.2) is 38.6 Å². The molecule has 0 atom stereocenters. The van der Waals surface area contributed by atoms with E-state index in [1.165, 1.54) is 18.4 Å². The minimum Gasteiger partial charge on any atom is -0.383 e. The average Bonchev–Trinajstić information content (AvgIpc) is 3.16. The fourth-order valence-electron chi connectivity index (χ4n) is 2.86. The van der Waals surface area contributed by atoms with Gasteiger partial charge in [0.05, 0.1) is 6.61 Å². The number of ether oxygens (including phenoxy) is 1. The fraction of sp³-hybridized carbons (Fsp3) is 0.600. The van der Waals surface area contributed by atoms with Crippen molar-refractivity contribution in [2.24, 2.45) is 0 Å². The number of carbonyl (C=O) groups excluding carboxylic acids is 2. The lowest BCUT2D eigenvalue weighted by Crippen LogP contribution is -2.46. The smallest absolute Gasteiger partial charge is 0.309 e. The van der Waals surface area contributed by atoms with Crippen LogP contribution in [0.3, 0.4) is 0 Å². The SMILES string of the molecule is COCCNC(=O)C(=O)NCC1(c2ccsc2)CCCC1. The van der Waals surface area contributed by atoms with Gasteiger partial charge in [0.25, 0.3) is 0 Å². The summed E-state index contributed by atoms with van der Waals surface area (Å²) < 4.78 is 4.83. The molecule has 1 aliphatic carbocycles. The molecule has 0 aliphatic heterocycles. The molecule has 1 aliphatic rings. The van der Waals surface area contributed by atoms with Crippen molar-refractivity contribution in [3.63, 3.8) is 0 Å². The Morgan fingerprint density at radius 3 is 2.62 bits per heavy atom. The Hall–Kier alpha value is -1.40. The van der Waals surface area contributed by atoms with E-state index in [0.717, 1.165) is 12.8 Å².